The number of carbonyl (C=O) groups is 2. The molecule has 0 aromatic heterocycles. The number of rotatable bonds is 2. The molecule has 2 aliphatic heterocycles. The van der Waals surface area contributed by atoms with Gasteiger partial charge >= 0.3 is 0 Å². The Morgan fingerprint density at radius 2 is 2.29 bits per heavy atom. The molecule has 0 bridgehead atoms. The Balaban J connectivity index is 1.83. The molecule has 1 aromatic carbocycles. The molecule has 2 N–H and O–H groups in total. The molecule has 0 saturated carbocycles. The molecule has 0 aliphatic carbocycles. The maximum atomic E-state index is 12.6. The Morgan fingerprint density at radius 3 is 3.10 bits per heavy atom. The van der Waals surface area contributed by atoms with Crippen molar-refractivity contribution in [2.24, 2.45) is 0 Å². The Kier molecular flexibility index (Phi) is 3.79. The molecule has 1 atom stereocenters. The highest BCUT2D eigenvalue weighted by molar-refractivity contribution is 5.99. The Labute approximate surface area is 122 Å². The molecule has 2 aliphatic rings. The number of aliphatic hydroxyl groups is 1. The number of benzene rings is 1. The molecule has 1 aromatic rings. The van der Waals surface area contributed by atoms with Gasteiger partial charge in [0, 0.05) is 12.1 Å². The number of nitrogens with zero attached hydrogens (tertiary/aromatic N) is 1. The molecule has 0 radical (unpaired) electrons. The van der Waals surface area contributed by atoms with Crippen LogP contribution in [0.2, 0.25) is 0 Å². The number of hydrogen-bond acceptors (Lipinski definition) is 4. The van der Waals surface area contributed by atoms with Crippen molar-refractivity contribution in [1.82, 2.24) is 4.90 Å². The van der Waals surface area contributed by atoms with Gasteiger partial charge < -0.3 is 20.1 Å². The second-order valence-electron chi connectivity index (χ2n) is 5.38. The van der Waals surface area contributed by atoms with Gasteiger partial charge in [0.05, 0.1) is 18.3 Å². The average Bonchev–Trinajstić information content (AvgIpc) is 2.53. The highest BCUT2D eigenvalue weighted by atomic mass is 16.5. The van der Waals surface area contributed by atoms with E-state index in [1.165, 1.54) is 0 Å². The molecule has 2 heterocycles. The van der Waals surface area contributed by atoms with Crippen LogP contribution >= 0.6 is 0 Å². The van der Waals surface area contributed by atoms with Crippen molar-refractivity contribution in [1.29, 1.82) is 0 Å². The van der Waals surface area contributed by atoms with Gasteiger partial charge in [0.2, 0.25) is 0 Å². The number of nitrogens with one attached hydrogen (secondary N) is 1. The van der Waals surface area contributed by atoms with Crippen LogP contribution < -0.4 is 10.1 Å². The summed E-state index contributed by atoms with van der Waals surface area (Å²) in [5, 5.41) is 12.1. The predicted octanol–water partition coefficient (Wildman–Crippen LogP) is 1.00. The molecule has 21 heavy (non-hydrogen) atoms. The van der Waals surface area contributed by atoms with Crippen LogP contribution in [-0.4, -0.2) is 47.6 Å². The fourth-order valence-electron chi connectivity index (χ4n) is 2.83. The number of ether oxygens (including phenoxy) is 1. The minimum absolute atomic E-state index is 0.0107. The van der Waals surface area contributed by atoms with E-state index < -0.39 is 0 Å². The van der Waals surface area contributed by atoms with Crippen molar-refractivity contribution in [2.75, 3.05) is 25.1 Å². The van der Waals surface area contributed by atoms with Crippen LogP contribution in [0.4, 0.5) is 5.69 Å². The van der Waals surface area contributed by atoms with Crippen LogP contribution in [0.3, 0.4) is 0 Å². The standard InChI is InChI=1S/C15H18N2O4/c18-8-11-3-1-2-6-17(11)15(20)10-4-5-12-13(7-10)21-9-14(19)16-12/h4-5,7,11,18H,1-3,6,8-9H2,(H,16,19). The maximum absolute atomic E-state index is 12.6. The lowest BCUT2D eigenvalue weighted by Crippen LogP contribution is -2.45. The first-order valence-corrected chi connectivity index (χ1v) is 7.17. The summed E-state index contributed by atoms with van der Waals surface area (Å²) in [5.74, 6) is 0.216. The summed E-state index contributed by atoms with van der Waals surface area (Å²) in [6.45, 7) is 0.621. The molecule has 1 unspecified atom stereocenters. The number of anilines is 1. The molecular weight excluding hydrogens is 272 g/mol. The number of hydrogen-bond donors (Lipinski definition) is 2. The van der Waals surface area contributed by atoms with Gasteiger partial charge in [-0.1, -0.05) is 0 Å². The van der Waals surface area contributed by atoms with Gasteiger partial charge in [-0.15, -0.1) is 0 Å². The van der Waals surface area contributed by atoms with E-state index in [0.29, 0.717) is 23.5 Å². The molecule has 6 nitrogen and oxygen atoms in total. The van der Waals surface area contributed by atoms with E-state index in [1.807, 2.05) is 0 Å². The summed E-state index contributed by atoms with van der Waals surface area (Å²) in [7, 11) is 0. The van der Waals surface area contributed by atoms with Crippen LogP contribution in [0.25, 0.3) is 0 Å². The van der Waals surface area contributed by atoms with E-state index in [4.69, 9.17) is 4.74 Å². The fourth-order valence-corrected chi connectivity index (χ4v) is 2.83. The summed E-state index contributed by atoms with van der Waals surface area (Å²) >= 11 is 0. The first-order valence-electron chi connectivity index (χ1n) is 7.17. The van der Waals surface area contributed by atoms with Crippen LogP contribution in [0.15, 0.2) is 18.2 Å². The first kappa shape index (κ1) is 13.9. The van der Waals surface area contributed by atoms with E-state index in [0.717, 1.165) is 19.3 Å². The summed E-state index contributed by atoms with van der Waals surface area (Å²) in [6.07, 6.45) is 2.83. The zero-order valence-corrected chi connectivity index (χ0v) is 11.7. The topological polar surface area (TPSA) is 78.9 Å². The van der Waals surface area contributed by atoms with Crippen molar-refractivity contribution in [2.45, 2.75) is 25.3 Å². The second-order valence-corrected chi connectivity index (χ2v) is 5.38. The van der Waals surface area contributed by atoms with E-state index in [1.54, 1.807) is 23.1 Å². The average molecular weight is 290 g/mol. The maximum Gasteiger partial charge on any atom is 0.262 e. The van der Waals surface area contributed by atoms with E-state index in [-0.39, 0.29) is 31.1 Å². The second kappa shape index (κ2) is 5.73. The van der Waals surface area contributed by atoms with Crippen molar-refractivity contribution in [3.8, 4) is 5.75 Å². The lowest BCUT2D eigenvalue weighted by atomic mass is 10.0. The van der Waals surface area contributed by atoms with Gasteiger partial charge in [0.1, 0.15) is 5.75 Å². The number of likely N-dealkylation sites (tertiary alicyclic amines) is 1. The predicted molar refractivity (Wildman–Crippen MR) is 76.3 cm³/mol. The Bertz CT molecular complexity index is 573. The van der Waals surface area contributed by atoms with E-state index >= 15 is 0 Å². The SMILES string of the molecule is O=C1COc2cc(C(=O)N3CCCCC3CO)ccc2N1. The molecule has 3 rings (SSSR count). The number of aliphatic hydroxyl groups excluding tert-OH is 1. The van der Waals surface area contributed by atoms with E-state index in [9.17, 15) is 14.7 Å². The highest BCUT2D eigenvalue weighted by Gasteiger charge is 2.28. The lowest BCUT2D eigenvalue weighted by Gasteiger charge is -2.34. The molecular formula is C15H18N2O4. The van der Waals surface area contributed by atoms with Gasteiger partial charge in [0.15, 0.2) is 6.61 Å². The summed E-state index contributed by atoms with van der Waals surface area (Å²) in [4.78, 5) is 25.6. The highest BCUT2D eigenvalue weighted by Crippen LogP contribution is 2.29. The van der Waals surface area contributed by atoms with Crippen molar-refractivity contribution >= 4 is 17.5 Å². The van der Waals surface area contributed by atoms with Crippen LogP contribution in [0.5, 0.6) is 5.75 Å². The van der Waals surface area contributed by atoms with Crippen molar-refractivity contribution < 1.29 is 19.4 Å². The Hall–Kier alpha value is -2.08. The van der Waals surface area contributed by atoms with E-state index in [2.05, 4.69) is 5.32 Å². The molecule has 1 fully saturated rings. The lowest BCUT2D eigenvalue weighted by molar-refractivity contribution is -0.118. The third-order valence-corrected chi connectivity index (χ3v) is 3.96. The largest absolute Gasteiger partial charge is 0.482 e. The molecule has 0 spiro atoms. The van der Waals surface area contributed by atoms with Crippen molar-refractivity contribution in [3.63, 3.8) is 0 Å². The van der Waals surface area contributed by atoms with Crippen LogP contribution in [-0.2, 0) is 4.79 Å². The number of fused-ring (bicyclic) bond motifs is 1. The minimum Gasteiger partial charge on any atom is -0.482 e. The quantitative estimate of drug-likeness (QED) is 0.852. The van der Waals surface area contributed by atoms with Gasteiger partial charge in [-0.3, -0.25) is 9.59 Å². The molecule has 1 saturated heterocycles. The number of piperidine rings is 1. The minimum atomic E-state index is -0.196. The zero-order chi connectivity index (χ0) is 14.8. The molecule has 112 valence electrons. The normalized spacial score (nSPS) is 21.3. The van der Waals surface area contributed by atoms with Crippen molar-refractivity contribution in [3.05, 3.63) is 23.8 Å². The van der Waals surface area contributed by atoms with Gasteiger partial charge in [-0.05, 0) is 37.5 Å². The molecule has 2 amide bonds. The van der Waals surface area contributed by atoms with Gasteiger partial charge in [-0.25, -0.2) is 0 Å². The van der Waals surface area contributed by atoms with Crippen LogP contribution in [0, 0.1) is 0 Å². The first-order chi connectivity index (χ1) is 10.2. The third kappa shape index (κ3) is 2.71. The summed E-state index contributed by atoms with van der Waals surface area (Å²) in [5.41, 5.74) is 1.10. The van der Waals surface area contributed by atoms with Gasteiger partial charge in [0.25, 0.3) is 11.8 Å². The Morgan fingerprint density at radius 1 is 1.43 bits per heavy atom. The smallest absolute Gasteiger partial charge is 0.262 e. The molecule has 6 heteroatoms. The summed E-state index contributed by atoms with van der Waals surface area (Å²) < 4.78 is 5.33. The van der Waals surface area contributed by atoms with Gasteiger partial charge in [-0.2, -0.15) is 0 Å². The number of carbonyl (C=O) groups excluding carboxylic acids is 2. The van der Waals surface area contributed by atoms with Crippen LogP contribution in [0.1, 0.15) is 29.6 Å². The number of amides is 2. The monoisotopic (exact) mass is 290 g/mol. The summed E-state index contributed by atoms with van der Waals surface area (Å²) in [6, 6.07) is 4.90. The zero-order valence-electron chi connectivity index (χ0n) is 11.7. The third-order valence-electron chi connectivity index (χ3n) is 3.96. The fraction of sp³-hybridized carbons (Fsp3) is 0.467.